The van der Waals surface area contributed by atoms with Crippen molar-refractivity contribution < 1.29 is 36.3 Å². The van der Waals surface area contributed by atoms with E-state index in [1.54, 1.807) is 0 Å². The molecule has 2 rings (SSSR count). The van der Waals surface area contributed by atoms with Crippen LogP contribution in [0.2, 0.25) is 0 Å². The smallest absolute Gasteiger partial charge is 0.387 e. The minimum absolute atomic E-state index is 0.0130. The van der Waals surface area contributed by atoms with Gasteiger partial charge in [0.2, 0.25) is 0 Å². The molecule has 1 aromatic rings. The number of hydrogen-bond donors (Lipinski definition) is 1. The normalized spacial score (nSPS) is 20.1. The molecule has 2 atom stereocenters. The van der Waals surface area contributed by atoms with Crippen LogP contribution in [0.1, 0.15) is 23.7 Å². The number of ether oxygens (including phenoxy) is 2. The topological polar surface area (TPSA) is 98.8 Å². The number of benzene rings is 1. The molecule has 0 aliphatic carbocycles. The van der Waals surface area contributed by atoms with Gasteiger partial charge >= 0.3 is 12.6 Å². The lowest BCUT2D eigenvalue weighted by atomic mass is 10.2. The van der Waals surface area contributed by atoms with Gasteiger partial charge in [-0.2, -0.15) is 8.78 Å². The summed E-state index contributed by atoms with van der Waals surface area (Å²) in [5, 5.41) is 2.52. The molecule has 0 spiro atoms. The maximum Gasteiger partial charge on any atom is 0.387 e. The van der Waals surface area contributed by atoms with Crippen LogP contribution in [0, 0.1) is 0 Å². The molecule has 0 aromatic heterocycles. The molecule has 1 heterocycles. The summed E-state index contributed by atoms with van der Waals surface area (Å²) in [6.45, 7) is -1.62. The molecule has 1 aromatic carbocycles. The number of halogens is 2. The summed E-state index contributed by atoms with van der Waals surface area (Å²) in [4.78, 5) is 23.9. The van der Waals surface area contributed by atoms with Crippen LogP contribution in [0.25, 0.3) is 0 Å². The van der Waals surface area contributed by atoms with Crippen molar-refractivity contribution in [3.05, 3.63) is 29.8 Å². The minimum Gasteiger partial charge on any atom is -0.449 e. The molecular formula is C15H17F2NO6S. The lowest BCUT2D eigenvalue weighted by molar-refractivity contribution is -0.129. The third-order valence-corrected chi connectivity index (χ3v) is 5.31. The van der Waals surface area contributed by atoms with Crippen LogP contribution in [0.4, 0.5) is 8.78 Å². The molecule has 1 amide bonds. The maximum atomic E-state index is 12.1. The Balaban J connectivity index is 1.87. The van der Waals surface area contributed by atoms with E-state index in [4.69, 9.17) is 4.74 Å². The second-order valence-corrected chi connectivity index (χ2v) is 7.79. The molecule has 138 valence electrons. The Morgan fingerprint density at radius 2 is 1.88 bits per heavy atom. The summed E-state index contributed by atoms with van der Waals surface area (Å²) in [5.41, 5.74) is 0.0599. The fourth-order valence-corrected chi connectivity index (χ4v) is 3.96. The van der Waals surface area contributed by atoms with Crippen LogP contribution in [-0.2, 0) is 19.4 Å². The number of amides is 1. The predicted octanol–water partition coefficient (Wildman–Crippen LogP) is 1.14. The summed E-state index contributed by atoms with van der Waals surface area (Å²) in [5.74, 6) is -1.65. The van der Waals surface area contributed by atoms with Crippen LogP contribution < -0.4 is 10.1 Å². The quantitative estimate of drug-likeness (QED) is 0.747. The Labute approximate surface area is 143 Å². The molecule has 1 aliphatic heterocycles. The highest BCUT2D eigenvalue weighted by Gasteiger charge is 2.30. The zero-order valence-corrected chi connectivity index (χ0v) is 14.1. The average molecular weight is 377 g/mol. The molecule has 0 saturated carbocycles. The van der Waals surface area contributed by atoms with E-state index in [0.717, 1.165) is 0 Å². The van der Waals surface area contributed by atoms with Crippen LogP contribution in [0.3, 0.4) is 0 Å². The lowest BCUT2D eigenvalue weighted by Crippen LogP contribution is -2.42. The highest BCUT2D eigenvalue weighted by atomic mass is 32.2. The van der Waals surface area contributed by atoms with Gasteiger partial charge in [0, 0.05) is 6.04 Å². The molecule has 1 N–H and O–H groups in total. The van der Waals surface area contributed by atoms with Gasteiger partial charge in [-0.1, -0.05) is 0 Å². The number of nitrogens with one attached hydrogen (secondary N) is 1. The van der Waals surface area contributed by atoms with E-state index in [9.17, 15) is 26.8 Å². The van der Waals surface area contributed by atoms with E-state index in [1.165, 1.54) is 31.2 Å². The summed E-state index contributed by atoms with van der Waals surface area (Å²) in [6.07, 6.45) is -0.812. The van der Waals surface area contributed by atoms with Crippen molar-refractivity contribution in [2.24, 2.45) is 0 Å². The fraction of sp³-hybridized carbons (Fsp3) is 0.467. The molecule has 10 heteroatoms. The predicted molar refractivity (Wildman–Crippen MR) is 83.2 cm³/mol. The number of rotatable bonds is 6. The van der Waals surface area contributed by atoms with Gasteiger partial charge in [-0.05, 0) is 37.6 Å². The molecular weight excluding hydrogens is 360 g/mol. The molecule has 0 bridgehead atoms. The first kappa shape index (κ1) is 19.1. The van der Waals surface area contributed by atoms with E-state index in [2.05, 4.69) is 10.1 Å². The van der Waals surface area contributed by atoms with E-state index >= 15 is 0 Å². The summed E-state index contributed by atoms with van der Waals surface area (Å²) < 4.78 is 56.0. The number of hydrogen-bond acceptors (Lipinski definition) is 6. The zero-order valence-electron chi connectivity index (χ0n) is 13.3. The fourth-order valence-electron chi connectivity index (χ4n) is 2.28. The van der Waals surface area contributed by atoms with Gasteiger partial charge in [0.1, 0.15) is 5.75 Å². The summed E-state index contributed by atoms with van der Waals surface area (Å²) >= 11 is 0. The second-order valence-electron chi connectivity index (χ2n) is 5.56. The van der Waals surface area contributed by atoms with E-state index < -0.39 is 40.5 Å². The van der Waals surface area contributed by atoms with Gasteiger partial charge in [0.15, 0.2) is 15.9 Å². The van der Waals surface area contributed by atoms with Crippen molar-refractivity contribution in [3.63, 3.8) is 0 Å². The Bertz CT molecular complexity index is 735. The van der Waals surface area contributed by atoms with Gasteiger partial charge in [-0.25, -0.2) is 13.2 Å². The SMILES string of the molecule is C[C@@H](OC(=O)c1ccc(OC(F)F)cc1)C(=O)N[C@H]1CCS(=O)(=O)C1. The molecule has 0 radical (unpaired) electrons. The Kier molecular flexibility index (Phi) is 5.93. The zero-order chi connectivity index (χ0) is 18.6. The van der Waals surface area contributed by atoms with E-state index in [-0.39, 0.29) is 22.8 Å². The third kappa shape index (κ3) is 5.66. The van der Waals surface area contributed by atoms with Crippen LogP contribution >= 0.6 is 0 Å². The highest BCUT2D eigenvalue weighted by Crippen LogP contribution is 2.16. The molecule has 1 aliphatic rings. The first-order valence-electron chi connectivity index (χ1n) is 7.43. The Morgan fingerprint density at radius 1 is 1.24 bits per heavy atom. The first-order valence-corrected chi connectivity index (χ1v) is 9.25. The number of carbonyl (C=O) groups excluding carboxylic acids is 2. The molecule has 0 unspecified atom stereocenters. The van der Waals surface area contributed by atoms with E-state index in [1.807, 2.05) is 0 Å². The van der Waals surface area contributed by atoms with Crippen molar-refractivity contribution in [1.29, 1.82) is 0 Å². The van der Waals surface area contributed by atoms with Gasteiger partial charge in [-0.15, -0.1) is 0 Å². The van der Waals surface area contributed by atoms with Crippen LogP contribution in [-0.4, -0.2) is 50.6 Å². The molecule has 1 saturated heterocycles. The molecule has 7 nitrogen and oxygen atoms in total. The number of esters is 1. The van der Waals surface area contributed by atoms with Crippen molar-refractivity contribution >= 4 is 21.7 Å². The van der Waals surface area contributed by atoms with Crippen molar-refractivity contribution in [1.82, 2.24) is 5.32 Å². The first-order chi connectivity index (χ1) is 11.7. The number of sulfone groups is 1. The highest BCUT2D eigenvalue weighted by molar-refractivity contribution is 7.91. The van der Waals surface area contributed by atoms with Gasteiger partial charge in [0.25, 0.3) is 5.91 Å². The second kappa shape index (κ2) is 7.77. The van der Waals surface area contributed by atoms with Crippen LogP contribution in [0.15, 0.2) is 24.3 Å². The summed E-state index contributed by atoms with van der Waals surface area (Å²) in [7, 11) is -3.13. The van der Waals surface area contributed by atoms with Crippen molar-refractivity contribution in [2.75, 3.05) is 11.5 Å². The average Bonchev–Trinajstić information content (AvgIpc) is 2.86. The van der Waals surface area contributed by atoms with Gasteiger partial charge in [-0.3, -0.25) is 4.79 Å². The van der Waals surface area contributed by atoms with E-state index in [0.29, 0.717) is 6.42 Å². The number of carbonyl (C=O) groups is 2. The van der Waals surface area contributed by atoms with Gasteiger partial charge < -0.3 is 14.8 Å². The molecule has 1 fully saturated rings. The largest absolute Gasteiger partial charge is 0.449 e. The Morgan fingerprint density at radius 3 is 2.40 bits per heavy atom. The van der Waals surface area contributed by atoms with Crippen LogP contribution in [0.5, 0.6) is 5.75 Å². The van der Waals surface area contributed by atoms with Crippen molar-refractivity contribution in [2.45, 2.75) is 32.1 Å². The maximum absolute atomic E-state index is 12.1. The monoisotopic (exact) mass is 377 g/mol. The lowest BCUT2D eigenvalue weighted by Gasteiger charge is -2.16. The third-order valence-electron chi connectivity index (χ3n) is 3.55. The van der Waals surface area contributed by atoms with Crippen molar-refractivity contribution in [3.8, 4) is 5.75 Å². The standard InChI is InChI=1S/C15H17F2NO6S/c1-9(13(19)18-11-6-7-25(21,22)8-11)23-14(20)10-2-4-12(5-3-10)24-15(16)17/h2-5,9,11,15H,6-8H2,1H3,(H,18,19)/t9-,11+/m1/s1. The van der Waals surface area contributed by atoms with Gasteiger partial charge in [0.05, 0.1) is 17.1 Å². The minimum atomic E-state index is -3.13. The summed E-state index contributed by atoms with van der Waals surface area (Å²) in [6, 6.07) is 4.32. The Hall–Kier alpha value is -2.23. The number of alkyl halides is 2. The molecule has 25 heavy (non-hydrogen) atoms.